The molecule has 0 aliphatic carbocycles. The van der Waals surface area contributed by atoms with Crippen molar-refractivity contribution in [1.82, 2.24) is 5.16 Å². The fraction of sp³-hybridized carbons (Fsp3) is 0.0769. The van der Waals surface area contributed by atoms with Crippen LogP contribution in [0.1, 0.15) is 16.3 Å². The fourth-order valence-electron chi connectivity index (χ4n) is 1.78. The van der Waals surface area contributed by atoms with Crippen LogP contribution in [-0.2, 0) is 0 Å². The van der Waals surface area contributed by atoms with Gasteiger partial charge < -0.3 is 20.0 Å². The number of furan rings is 1. The van der Waals surface area contributed by atoms with Crippen LogP contribution >= 0.6 is 0 Å². The molecular formula is C13H11N3O3. The van der Waals surface area contributed by atoms with Crippen molar-refractivity contribution in [3.63, 3.8) is 0 Å². The zero-order valence-corrected chi connectivity index (χ0v) is 10.1. The molecule has 3 N–H and O–H groups in total. The van der Waals surface area contributed by atoms with Gasteiger partial charge in [-0.2, -0.15) is 0 Å². The Morgan fingerprint density at radius 2 is 2.16 bits per heavy atom. The van der Waals surface area contributed by atoms with Crippen LogP contribution in [0.2, 0.25) is 0 Å². The first kappa shape index (κ1) is 11.3. The van der Waals surface area contributed by atoms with E-state index in [4.69, 9.17) is 14.7 Å². The van der Waals surface area contributed by atoms with Gasteiger partial charge in [-0.25, -0.2) is 0 Å². The average molecular weight is 257 g/mol. The number of hydrogen-bond donors (Lipinski definition) is 2. The molecule has 0 aliphatic heterocycles. The first-order valence-corrected chi connectivity index (χ1v) is 5.65. The van der Waals surface area contributed by atoms with Crippen molar-refractivity contribution in [3.8, 4) is 0 Å². The van der Waals surface area contributed by atoms with E-state index in [2.05, 4.69) is 10.5 Å². The van der Waals surface area contributed by atoms with E-state index in [0.29, 0.717) is 22.8 Å². The summed E-state index contributed by atoms with van der Waals surface area (Å²) in [6.07, 6.45) is 0. The summed E-state index contributed by atoms with van der Waals surface area (Å²) in [5, 5.41) is 7.05. The lowest BCUT2D eigenvalue weighted by Gasteiger charge is -1.95. The van der Waals surface area contributed by atoms with Gasteiger partial charge in [0.1, 0.15) is 11.3 Å². The molecule has 0 saturated carbocycles. The van der Waals surface area contributed by atoms with E-state index in [9.17, 15) is 4.79 Å². The van der Waals surface area contributed by atoms with Crippen molar-refractivity contribution >= 4 is 28.4 Å². The molecule has 6 nitrogen and oxygen atoms in total. The van der Waals surface area contributed by atoms with Gasteiger partial charge in [0.15, 0.2) is 11.6 Å². The molecule has 0 saturated heterocycles. The van der Waals surface area contributed by atoms with Crippen LogP contribution in [0.5, 0.6) is 0 Å². The molecule has 19 heavy (non-hydrogen) atoms. The van der Waals surface area contributed by atoms with Gasteiger partial charge in [0.2, 0.25) is 0 Å². The smallest absolute Gasteiger partial charge is 0.292 e. The van der Waals surface area contributed by atoms with E-state index < -0.39 is 0 Å². The summed E-state index contributed by atoms with van der Waals surface area (Å²) >= 11 is 0. The van der Waals surface area contributed by atoms with Gasteiger partial charge in [0, 0.05) is 17.1 Å². The average Bonchev–Trinajstić information content (AvgIpc) is 2.95. The highest BCUT2D eigenvalue weighted by Gasteiger charge is 2.14. The molecule has 0 spiro atoms. The second kappa shape index (κ2) is 4.16. The number of anilines is 2. The molecule has 0 fully saturated rings. The summed E-state index contributed by atoms with van der Waals surface area (Å²) in [5.41, 5.74) is 6.90. The number of nitrogens with two attached hydrogens (primary N) is 1. The number of fused-ring (bicyclic) bond motifs is 1. The van der Waals surface area contributed by atoms with Crippen LogP contribution < -0.4 is 11.1 Å². The van der Waals surface area contributed by atoms with Gasteiger partial charge in [-0.3, -0.25) is 4.79 Å². The number of rotatable bonds is 2. The molecule has 2 aromatic heterocycles. The van der Waals surface area contributed by atoms with Crippen molar-refractivity contribution in [1.29, 1.82) is 0 Å². The summed E-state index contributed by atoms with van der Waals surface area (Å²) in [4.78, 5) is 12.0. The number of benzene rings is 1. The zero-order valence-electron chi connectivity index (χ0n) is 10.1. The minimum Gasteiger partial charge on any atom is -0.451 e. The normalized spacial score (nSPS) is 10.8. The second-order valence-corrected chi connectivity index (χ2v) is 4.18. The van der Waals surface area contributed by atoms with E-state index in [0.717, 1.165) is 5.39 Å². The van der Waals surface area contributed by atoms with E-state index in [1.54, 1.807) is 37.3 Å². The SMILES string of the molecule is Cc1cc(NC(=O)c2cc3cc(N)ccc3o2)no1. The maximum atomic E-state index is 12.0. The highest BCUT2D eigenvalue weighted by atomic mass is 16.5. The molecule has 0 radical (unpaired) electrons. The van der Waals surface area contributed by atoms with Gasteiger partial charge in [0.05, 0.1) is 0 Å². The first-order valence-electron chi connectivity index (χ1n) is 5.65. The molecule has 3 aromatic rings. The van der Waals surface area contributed by atoms with Crippen molar-refractivity contribution in [2.75, 3.05) is 11.1 Å². The number of nitrogen functional groups attached to an aromatic ring is 1. The lowest BCUT2D eigenvalue weighted by Crippen LogP contribution is -2.10. The Balaban J connectivity index is 1.89. The predicted molar refractivity (Wildman–Crippen MR) is 69.8 cm³/mol. The Morgan fingerprint density at radius 3 is 2.89 bits per heavy atom. The summed E-state index contributed by atoms with van der Waals surface area (Å²) in [6, 6.07) is 8.44. The van der Waals surface area contributed by atoms with Crippen LogP contribution in [0.25, 0.3) is 11.0 Å². The van der Waals surface area contributed by atoms with Crippen molar-refractivity contribution in [2.45, 2.75) is 6.92 Å². The summed E-state index contributed by atoms with van der Waals surface area (Å²) in [6.45, 7) is 1.74. The monoisotopic (exact) mass is 257 g/mol. The summed E-state index contributed by atoms with van der Waals surface area (Å²) < 4.78 is 10.3. The van der Waals surface area contributed by atoms with Crippen LogP contribution in [0.3, 0.4) is 0 Å². The Morgan fingerprint density at radius 1 is 1.32 bits per heavy atom. The van der Waals surface area contributed by atoms with E-state index >= 15 is 0 Å². The van der Waals surface area contributed by atoms with Gasteiger partial charge in [-0.1, -0.05) is 5.16 Å². The van der Waals surface area contributed by atoms with Crippen LogP contribution in [0.15, 0.2) is 39.3 Å². The number of aromatic nitrogens is 1. The molecule has 0 unspecified atom stereocenters. The number of aryl methyl sites for hydroxylation is 1. The zero-order chi connectivity index (χ0) is 13.4. The highest BCUT2D eigenvalue weighted by molar-refractivity contribution is 6.04. The highest BCUT2D eigenvalue weighted by Crippen LogP contribution is 2.22. The minimum absolute atomic E-state index is 0.196. The second-order valence-electron chi connectivity index (χ2n) is 4.18. The molecule has 3 rings (SSSR count). The number of nitrogens with one attached hydrogen (secondary N) is 1. The number of carbonyl (C=O) groups is 1. The third kappa shape index (κ3) is 2.15. The quantitative estimate of drug-likeness (QED) is 0.688. The largest absolute Gasteiger partial charge is 0.451 e. The molecule has 2 heterocycles. The van der Waals surface area contributed by atoms with Crippen molar-refractivity contribution in [3.05, 3.63) is 41.9 Å². The Labute approximate surface area is 108 Å². The topological polar surface area (TPSA) is 94.3 Å². The lowest BCUT2D eigenvalue weighted by molar-refractivity contribution is 0.0998. The Kier molecular flexibility index (Phi) is 2.49. The van der Waals surface area contributed by atoms with Gasteiger partial charge in [-0.15, -0.1) is 0 Å². The third-order valence-electron chi connectivity index (χ3n) is 2.63. The molecular weight excluding hydrogens is 246 g/mol. The number of hydrogen-bond acceptors (Lipinski definition) is 5. The van der Waals surface area contributed by atoms with Gasteiger partial charge in [-0.05, 0) is 31.2 Å². The molecule has 96 valence electrons. The van der Waals surface area contributed by atoms with Crippen molar-refractivity contribution in [2.24, 2.45) is 0 Å². The standard InChI is InChI=1S/C13H11N3O3/c1-7-4-12(16-19-7)15-13(17)11-6-8-5-9(14)2-3-10(8)18-11/h2-6H,14H2,1H3,(H,15,16,17). The van der Waals surface area contributed by atoms with E-state index in [1.807, 2.05) is 0 Å². The minimum atomic E-state index is -0.386. The third-order valence-corrected chi connectivity index (χ3v) is 2.63. The van der Waals surface area contributed by atoms with E-state index in [1.165, 1.54) is 0 Å². The predicted octanol–water partition coefficient (Wildman–Crippen LogP) is 2.56. The molecule has 1 aromatic carbocycles. The van der Waals surface area contributed by atoms with Crippen LogP contribution in [0, 0.1) is 6.92 Å². The summed E-state index contributed by atoms with van der Waals surface area (Å²) in [7, 11) is 0. The summed E-state index contributed by atoms with van der Waals surface area (Å²) in [5.74, 6) is 0.777. The lowest BCUT2D eigenvalue weighted by atomic mass is 10.2. The number of carbonyl (C=O) groups excluding carboxylic acids is 1. The first-order chi connectivity index (χ1) is 9.11. The molecule has 0 aliphatic rings. The van der Waals surface area contributed by atoms with Crippen LogP contribution in [0.4, 0.5) is 11.5 Å². The van der Waals surface area contributed by atoms with Crippen LogP contribution in [-0.4, -0.2) is 11.1 Å². The van der Waals surface area contributed by atoms with E-state index in [-0.39, 0.29) is 11.7 Å². The Hall–Kier alpha value is -2.76. The maximum Gasteiger partial charge on any atom is 0.292 e. The molecule has 6 heteroatoms. The van der Waals surface area contributed by atoms with Gasteiger partial charge >= 0.3 is 0 Å². The van der Waals surface area contributed by atoms with Crippen molar-refractivity contribution < 1.29 is 13.7 Å². The maximum absolute atomic E-state index is 12.0. The Bertz CT molecular complexity index is 757. The van der Waals surface area contributed by atoms with Gasteiger partial charge in [0.25, 0.3) is 5.91 Å². The molecule has 0 bridgehead atoms. The molecule has 1 amide bonds. The fourth-order valence-corrected chi connectivity index (χ4v) is 1.78. The number of nitrogens with zero attached hydrogens (tertiary/aromatic N) is 1. The molecule has 0 atom stereocenters. The number of amides is 1.